The van der Waals surface area contributed by atoms with Crippen LogP contribution in [0.4, 0.5) is 0 Å². The predicted octanol–water partition coefficient (Wildman–Crippen LogP) is 3.26. The molecule has 152 valence electrons. The molecule has 1 aromatic carbocycles. The SMILES string of the molecule is CC1CCC(Oc2cc(C#N)ccn2)CN1C(=O)c1ccc(Cl)cc1-n1nccn1. The van der Waals surface area contributed by atoms with E-state index in [9.17, 15) is 4.79 Å². The smallest absolute Gasteiger partial charge is 0.256 e. The Morgan fingerprint density at radius 2 is 2.00 bits per heavy atom. The first-order valence-corrected chi connectivity index (χ1v) is 9.93. The number of pyridine rings is 1. The van der Waals surface area contributed by atoms with Crippen LogP contribution < -0.4 is 4.74 Å². The summed E-state index contributed by atoms with van der Waals surface area (Å²) in [7, 11) is 0. The van der Waals surface area contributed by atoms with E-state index in [1.807, 2.05) is 6.92 Å². The first kappa shape index (κ1) is 19.9. The van der Waals surface area contributed by atoms with E-state index in [0.29, 0.717) is 34.3 Å². The molecule has 2 unspecified atom stereocenters. The van der Waals surface area contributed by atoms with Crippen molar-refractivity contribution in [3.8, 4) is 17.6 Å². The van der Waals surface area contributed by atoms with Gasteiger partial charge in [-0.3, -0.25) is 4.79 Å². The van der Waals surface area contributed by atoms with Gasteiger partial charge >= 0.3 is 0 Å². The Morgan fingerprint density at radius 1 is 1.20 bits per heavy atom. The van der Waals surface area contributed by atoms with Crippen LogP contribution in [0.2, 0.25) is 5.02 Å². The van der Waals surface area contributed by atoms with Gasteiger partial charge < -0.3 is 9.64 Å². The molecule has 2 aromatic heterocycles. The van der Waals surface area contributed by atoms with Gasteiger partial charge in [0.1, 0.15) is 6.10 Å². The van der Waals surface area contributed by atoms with Crippen molar-refractivity contribution in [2.75, 3.05) is 6.54 Å². The van der Waals surface area contributed by atoms with Crippen molar-refractivity contribution in [2.24, 2.45) is 0 Å². The molecule has 0 N–H and O–H groups in total. The number of nitriles is 1. The standard InChI is InChI=1S/C21H19ClN6O2/c1-14-2-4-17(30-20-10-15(12-23)6-7-24-20)13-27(14)21(29)18-5-3-16(22)11-19(18)28-25-8-9-26-28/h3,5-11,14,17H,2,4,13H2,1H3. The number of halogens is 1. The lowest BCUT2D eigenvalue weighted by molar-refractivity contribution is 0.0372. The summed E-state index contributed by atoms with van der Waals surface area (Å²) in [4.78, 5) is 20.8. The number of rotatable bonds is 4. The van der Waals surface area contributed by atoms with Crippen molar-refractivity contribution < 1.29 is 9.53 Å². The van der Waals surface area contributed by atoms with Crippen LogP contribution in [0.15, 0.2) is 48.9 Å². The number of aromatic nitrogens is 4. The Hall–Kier alpha value is -3.44. The van der Waals surface area contributed by atoms with E-state index in [4.69, 9.17) is 21.6 Å². The van der Waals surface area contributed by atoms with E-state index >= 15 is 0 Å². The number of likely N-dealkylation sites (tertiary alicyclic amines) is 1. The zero-order chi connectivity index (χ0) is 21.1. The predicted molar refractivity (Wildman–Crippen MR) is 109 cm³/mol. The second kappa shape index (κ2) is 8.51. The largest absolute Gasteiger partial charge is 0.472 e. The lowest BCUT2D eigenvalue weighted by atomic mass is 9.99. The number of piperidine rings is 1. The number of ether oxygens (including phenoxy) is 1. The molecule has 0 aliphatic carbocycles. The Kier molecular flexibility index (Phi) is 5.63. The Morgan fingerprint density at radius 3 is 2.77 bits per heavy atom. The van der Waals surface area contributed by atoms with E-state index < -0.39 is 0 Å². The third-order valence-electron chi connectivity index (χ3n) is 5.08. The average molecular weight is 423 g/mol. The van der Waals surface area contributed by atoms with Crippen molar-refractivity contribution in [2.45, 2.75) is 31.9 Å². The molecule has 3 heterocycles. The summed E-state index contributed by atoms with van der Waals surface area (Å²) in [5.41, 5.74) is 1.47. The van der Waals surface area contributed by atoms with Crippen LogP contribution in [0.5, 0.6) is 5.88 Å². The lowest BCUT2D eigenvalue weighted by Gasteiger charge is -2.38. The number of amides is 1. The average Bonchev–Trinajstić information content (AvgIpc) is 3.29. The number of hydrogen-bond acceptors (Lipinski definition) is 6. The molecule has 0 spiro atoms. The summed E-state index contributed by atoms with van der Waals surface area (Å²) in [5.74, 6) is 0.243. The highest BCUT2D eigenvalue weighted by molar-refractivity contribution is 6.31. The van der Waals surface area contributed by atoms with Gasteiger partial charge in [-0.15, -0.1) is 0 Å². The van der Waals surface area contributed by atoms with Crippen molar-refractivity contribution in [1.29, 1.82) is 5.26 Å². The van der Waals surface area contributed by atoms with Gasteiger partial charge in [-0.1, -0.05) is 11.6 Å². The van der Waals surface area contributed by atoms with Gasteiger partial charge in [0.2, 0.25) is 5.88 Å². The van der Waals surface area contributed by atoms with Gasteiger partial charge in [-0.25, -0.2) is 4.98 Å². The Bertz CT molecular complexity index is 1100. The normalized spacial score (nSPS) is 18.6. The monoisotopic (exact) mass is 422 g/mol. The van der Waals surface area contributed by atoms with Crippen LogP contribution in [-0.4, -0.2) is 49.5 Å². The van der Waals surface area contributed by atoms with Crippen LogP contribution in [0.1, 0.15) is 35.7 Å². The summed E-state index contributed by atoms with van der Waals surface area (Å²) in [5, 5.41) is 17.8. The molecule has 0 saturated carbocycles. The third-order valence-corrected chi connectivity index (χ3v) is 5.31. The molecule has 30 heavy (non-hydrogen) atoms. The number of carbonyl (C=O) groups excluding carboxylic acids is 1. The van der Waals surface area contributed by atoms with Gasteiger partial charge in [-0.2, -0.15) is 20.3 Å². The number of nitrogens with zero attached hydrogens (tertiary/aromatic N) is 6. The Labute approximate surface area is 178 Å². The summed E-state index contributed by atoms with van der Waals surface area (Å²) < 4.78 is 5.98. The fourth-order valence-electron chi connectivity index (χ4n) is 3.51. The maximum Gasteiger partial charge on any atom is 0.256 e. The summed E-state index contributed by atoms with van der Waals surface area (Å²) in [6.07, 6.45) is 5.99. The number of benzene rings is 1. The van der Waals surface area contributed by atoms with Crippen LogP contribution in [-0.2, 0) is 0 Å². The Balaban J connectivity index is 1.57. The minimum Gasteiger partial charge on any atom is -0.472 e. The molecule has 1 aliphatic heterocycles. The molecule has 8 nitrogen and oxygen atoms in total. The summed E-state index contributed by atoms with van der Waals surface area (Å²) in [6, 6.07) is 10.4. The van der Waals surface area contributed by atoms with E-state index in [1.165, 1.54) is 4.80 Å². The molecule has 1 fully saturated rings. The molecule has 2 atom stereocenters. The van der Waals surface area contributed by atoms with E-state index in [-0.39, 0.29) is 18.1 Å². The van der Waals surface area contributed by atoms with Crippen LogP contribution in [0.25, 0.3) is 5.69 Å². The van der Waals surface area contributed by atoms with Crippen molar-refractivity contribution in [3.05, 3.63) is 65.1 Å². The van der Waals surface area contributed by atoms with Gasteiger partial charge in [-0.05, 0) is 44.0 Å². The topological polar surface area (TPSA) is 96.9 Å². The summed E-state index contributed by atoms with van der Waals surface area (Å²) >= 11 is 6.15. The molecule has 4 rings (SSSR count). The molecular formula is C21H19ClN6O2. The zero-order valence-electron chi connectivity index (χ0n) is 16.3. The highest BCUT2D eigenvalue weighted by atomic mass is 35.5. The molecule has 9 heteroatoms. The maximum atomic E-state index is 13.4. The highest BCUT2D eigenvalue weighted by Crippen LogP contribution is 2.26. The number of hydrogen-bond donors (Lipinski definition) is 0. The highest BCUT2D eigenvalue weighted by Gasteiger charge is 2.32. The fourth-order valence-corrected chi connectivity index (χ4v) is 3.68. The first-order chi connectivity index (χ1) is 14.5. The van der Waals surface area contributed by atoms with Crippen LogP contribution in [0, 0.1) is 11.3 Å². The second-order valence-electron chi connectivity index (χ2n) is 7.10. The van der Waals surface area contributed by atoms with Crippen molar-refractivity contribution in [1.82, 2.24) is 24.9 Å². The molecular weight excluding hydrogens is 404 g/mol. The second-order valence-corrected chi connectivity index (χ2v) is 7.53. The lowest BCUT2D eigenvalue weighted by Crippen LogP contribution is -2.49. The number of carbonyl (C=O) groups is 1. The van der Waals surface area contributed by atoms with E-state index in [1.54, 1.807) is 53.8 Å². The quantitative estimate of drug-likeness (QED) is 0.640. The molecule has 0 radical (unpaired) electrons. The van der Waals surface area contributed by atoms with Gasteiger partial charge in [0, 0.05) is 23.3 Å². The van der Waals surface area contributed by atoms with Crippen molar-refractivity contribution >= 4 is 17.5 Å². The molecule has 1 aliphatic rings. The van der Waals surface area contributed by atoms with E-state index in [2.05, 4.69) is 21.3 Å². The van der Waals surface area contributed by atoms with Gasteiger partial charge in [0.15, 0.2) is 0 Å². The van der Waals surface area contributed by atoms with Crippen molar-refractivity contribution in [3.63, 3.8) is 0 Å². The first-order valence-electron chi connectivity index (χ1n) is 9.55. The minimum atomic E-state index is -0.217. The molecule has 0 bridgehead atoms. The maximum absolute atomic E-state index is 13.4. The van der Waals surface area contributed by atoms with E-state index in [0.717, 1.165) is 12.8 Å². The molecule has 1 amide bonds. The fraction of sp³-hybridized carbons (Fsp3) is 0.286. The van der Waals surface area contributed by atoms with Gasteiger partial charge in [0.05, 0.1) is 41.8 Å². The van der Waals surface area contributed by atoms with Gasteiger partial charge in [0.25, 0.3) is 5.91 Å². The van der Waals surface area contributed by atoms with Crippen LogP contribution >= 0.6 is 11.6 Å². The zero-order valence-corrected chi connectivity index (χ0v) is 17.0. The minimum absolute atomic E-state index is 0.0462. The molecule has 1 saturated heterocycles. The molecule has 3 aromatic rings. The van der Waals surface area contributed by atoms with Crippen LogP contribution in [0.3, 0.4) is 0 Å². The third kappa shape index (κ3) is 4.11. The summed E-state index contributed by atoms with van der Waals surface area (Å²) in [6.45, 7) is 2.43.